The Morgan fingerprint density at radius 1 is 1.23 bits per heavy atom. The summed E-state index contributed by atoms with van der Waals surface area (Å²) in [5.74, 6) is 0. The van der Waals surface area contributed by atoms with Gasteiger partial charge in [0.05, 0.1) is 25.4 Å². The van der Waals surface area contributed by atoms with Gasteiger partial charge in [-0.3, -0.25) is 0 Å². The van der Waals surface area contributed by atoms with Crippen molar-refractivity contribution in [1.29, 1.82) is 0 Å². The van der Waals surface area contributed by atoms with Crippen LogP contribution < -0.4 is 5.32 Å². The Labute approximate surface area is 86.8 Å². The smallest absolute Gasteiger partial charge is 0.0884 e. The minimum absolute atomic E-state index is 0.187. The molecule has 0 unspecified atom stereocenters. The fourth-order valence-electron chi connectivity index (χ4n) is 0.628. The lowest BCUT2D eigenvalue weighted by atomic mass is 10.0. The first-order valence-electron chi connectivity index (χ1n) is 3.66. The van der Waals surface area contributed by atoms with Crippen molar-refractivity contribution in [3.8, 4) is 0 Å². The van der Waals surface area contributed by atoms with E-state index in [1.165, 1.54) is 5.54 Å². The molecule has 0 aromatic heterocycles. The predicted octanol–water partition coefficient (Wildman–Crippen LogP) is -0.389. The van der Waals surface area contributed by atoms with Gasteiger partial charge in [-0.15, -0.1) is 0 Å². The minimum Gasteiger partial charge on any atom is -0.394 e. The summed E-state index contributed by atoms with van der Waals surface area (Å²) in [6.07, 6.45) is 0. The molecule has 4 nitrogen and oxygen atoms in total. The Morgan fingerprint density at radius 3 is 2.00 bits per heavy atom. The van der Waals surface area contributed by atoms with E-state index in [9.17, 15) is 0 Å². The lowest BCUT2D eigenvalue weighted by molar-refractivity contribution is 0.0450. The van der Waals surface area contributed by atoms with Crippen LogP contribution in [0.4, 0.5) is 0 Å². The highest BCUT2D eigenvalue weighted by Gasteiger charge is 2.26. The lowest BCUT2D eigenvalue weighted by Crippen LogP contribution is -2.55. The van der Waals surface area contributed by atoms with Gasteiger partial charge in [-0.25, -0.2) is 0 Å². The Hall–Kier alpha value is 0.160. The molecule has 0 saturated heterocycles. The molecule has 0 heterocycles. The molecule has 6 heteroatoms. The quantitative estimate of drug-likeness (QED) is 0.501. The van der Waals surface area contributed by atoms with E-state index in [-0.39, 0.29) is 26.4 Å². The normalized spacial score (nSPS) is 13.5. The Morgan fingerprint density at radius 2 is 1.69 bits per heavy atom. The molecule has 0 spiro atoms. The molecule has 0 fully saturated rings. The van der Waals surface area contributed by atoms with Gasteiger partial charge in [0, 0.05) is 17.1 Å². The molecule has 13 heavy (non-hydrogen) atoms. The number of rotatable bonds is 6. The molecule has 0 radical (unpaired) electrons. The van der Waals surface area contributed by atoms with Crippen molar-refractivity contribution in [2.75, 3.05) is 26.4 Å². The SMILES string of the molecule is OCC(CO)(CO)NCC(Cl)=CCl. The molecule has 0 aliphatic heterocycles. The average molecular weight is 230 g/mol. The summed E-state index contributed by atoms with van der Waals surface area (Å²) in [4.78, 5) is 0. The van der Waals surface area contributed by atoms with Gasteiger partial charge in [-0.2, -0.15) is 0 Å². The summed E-state index contributed by atoms with van der Waals surface area (Å²) < 4.78 is 0. The second-order valence-electron chi connectivity index (χ2n) is 2.66. The average Bonchev–Trinajstić information content (AvgIpc) is 2.20. The van der Waals surface area contributed by atoms with E-state index in [1.54, 1.807) is 0 Å². The summed E-state index contributed by atoms with van der Waals surface area (Å²) in [7, 11) is 0. The number of aliphatic hydroxyl groups excluding tert-OH is 3. The largest absolute Gasteiger partial charge is 0.394 e. The first-order chi connectivity index (χ1) is 6.14. The molecule has 0 saturated carbocycles. The highest BCUT2D eigenvalue weighted by Crippen LogP contribution is 2.06. The van der Waals surface area contributed by atoms with Crippen LogP contribution in [0.15, 0.2) is 10.6 Å². The fraction of sp³-hybridized carbons (Fsp3) is 0.714. The summed E-state index contributed by atoms with van der Waals surface area (Å²) in [5, 5.41) is 29.7. The van der Waals surface area contributed by atoms with Crippen LogP contribution in [0.3, 0.4) is 0 Å². The Kier molecular flexibility index (Phi) is 6.67. The predicted molar refractivity (Wildman–Crippen MR) is 51.8 cm³/mol. The first-order valence-corrected chi connectivity index (χ1v) is 4.48. The molecule has 0 aromatic carbocycles. The van der Waals surface area contributed by atoms with E-state index in [0.717, 1.165) is 0 Å². The first kappa shape index (κ1) is 13.2. The zero-order chi connectivity index (χ0) is 10.3. The second-order valence-corrected chi connectivity index (χ2v) is 3.37. The van der Waals surface area contributed by atoms with Gasteiger partial charge in [0.1, 0.15) is 0 Å². The van der Waals surface area contributed by atoms with Crippen molar-refractivity contribution in [3.63, 3.8) is 0 Å². The van der Waals surface area contributed by atoms with Crippen LogP contribution in [0.5, 0.6) is 0 Å². The summed E-state index contributed by atoms with van der Waals surface area (Å²) >= 11 is 10.9. The minimum atomic E-state index is -1.11. The van der Waals surface area contributed by atoms with E-state index >= 15 is 0 Å². The number of aliphatic hydroxyl groups is 3. The van der Waals surface area contributed by atoms with E-state index in [4.69, 9.17) is 38.5 Å². The van der Waals surface area contributed by atoms with E-state index in [2.05, 4.69) is 5.32 Å². The van der Waals surface area contributed by atoms with Crippen LogP contribution in [0.1, 0.15) is 0 Å². The van der Waals surface area contributed by atoms with E-state index < -0.39 is 5.54 Å². The molecule has 0 rings (SSSR count). The molecule has 0 bridgehead atoms. The monoisotopic (exact) mass is 229 g/mol. The van der Waals surface area contributed by atoms with Crippen LogP contribution in [0.2, 0.25) is 0 Å². The van der Waals surface area contributed by atoms with Crippen molar-refractivity contribution >= 4 is 23.2 Å². The van der Waals surface area contributed by atoms with Gasteiger partial charge in [0.25, 0.3) is 0 Å². The van der Waals surface area contributed by atoms with Crippen LogP contribution in [0, 0.1) is 0 Å². The summed E-state index contributed by atoms with van der Waals surface area (Å²) in [5.41, 5.74) is 0.0610. The molecule has 78 valence electrons. The Balaban J connectivity index is 4.10. The van der Waals surface area contributed by atoms with E-state index in [1.807, 2.05) is 0 Å². The molecular weight excluding hydrogens is 217 g/mol. The van der Waals surface area contributed by atoms with Crippen LogP contribution >= 0.6 is 23.2 Å². The third kappa shape index (κ3) is 4.26. The molecule has 0 aliphatic rings. The maximum atomic E-state index is 8.88. The van der Waals surface area contributed by atoms with Gasteiger partial charge in [-0.05, 0) is 0 Å². The lowest BCUT2D eigenvalue weighted by Gasteiger charge is -2.28. The van der Waals surface area contributed by atoms with Crippen molar-refractivity contribution in [2.45, 2.75) is 5.54 Å². The Bertz CT molecular complexity index is 163. The third-order valence-corrected chi connectivity index (χ3v) is 2.28. The highest BCUT2D eigenvalue weighted by atomic mass is 35.5. The molecule has 4 N–H and O–H groups in total. The van der Waals surface area contributed by atoms with Gasteiger partial charge in [0.2, 0.25) is 0 Å². The van der Waals surface area contributed by atoms with Crippen molar-refractivity contribution in [3.05, 3.63) is 10.6 Å². The van der Waals surface area contributed by atoms with Gasteiger partial charge < -0.3 is 20.6 Å². The molecule has 0 aromatic rings. The maximum absolute atomic E-state index is 8.88. The third-order valence-electron chi connectivity index (χ3n) is 1.66. The van der Waals surface area contributed by atoms with Crippen LogP contribution in [0.25, 0.3) is 0 Å². The van der Waals surface area contributed by atoms with Crippen LogP contribution in [-0.2, 0) is 0 Å². The number of halogens is 2. The topological polar surface area (TPSA) is 72.7 Å². The fourth-order valence-corrected chi connectivity index (χ4v) is 0.772. The highest BCUT2D eigenvalue weighted by molar-refractivity contribution is 6.36. The zero-order valence-corrected chi connectivity index (χ0v) is 8.52. The van der Waals surface area contributed by atoms with Gasteiger partial charge >= 0.3 is 0 Å². The second kappa shape index (κ2) is 6.59. The standard InChI is InChI=1S/C7H13Cl2NO3/c8-1-6(9)2-10-7(3-11,4-12)5-13/h1,10-13H,2-5H2. The van der Waals surface area contributed by atoms with Crippen molar-refractivity contribution in [2.24, 2.45) is 0 Å². The van der Waals surface area contributed by atoms with Gasteiger partial charge in [0.15, 0.2) is 0 Å². The number of hydrogen-bond acceptors (Lipinski definition) is 4. The number of hydrogen-bond donors (Lipinski definition) is 4. The molecule has 0 atom stereocenters. The van der Waals surface area contributed by atoms with Crippen molar-refractivity contribution < 1.29 is 15.3 Å². The number of nitrogens with one attached hydrogen (secondary N) is 1. The molecule has 0 amide bonds. The van der Waals surface area contributed by atoms with Gasteiger partial charge in [-0.1, -0.05) is 23.2 Å². The zero-order valence-electron chi connectivity index (χ0n) is 7.00. The summed E-state index contributed by atoms with van der Waals surface area (Å²) in [6, 6.07) is 0. The maximum Gasteiger partial charge on any atom is 0.0884 e. The van der Waals surface area contributed by atoms with Crippen molar-refractivity contribution in [1.82, 2.24) is 5.32 Å². The summed E-state index contributed by atoms with van der Waals surface area (Å²) in [6.45, 7) is -0.960. The van der Waals surface area contributed by atoms with Crippen LogP contribution in [-0.4, -0.2) is 47.2 Å². The van der Waals surface area contributed by atoms with E-state index in [0.29, 0.717) is 5.03 Å². The molecule has 0 aliphatic carbocycles. The molecular formula is C7H13Cl2NO3.